The molecule has 106 valence electrons. The Morgan fingerprint density at radius 2 is 2.00 bits per heavy atom. The van der Waals surface area contributed by atoms with E-state index in [-0.39, 0.29) is 0 Å². The van der Waals surface area contributed by atoms with Gasteiger partial charge in [-0.25, -0.2) is 4.98 Å². The quantitative estimate of drug-likeness (QED) is 0.916. The van der Waals surface area contributed by atoms with Crippen LogP contribution < -0.4 is 10.2 Å². The van der Waals surface area contributed by atoms with Crippen molar-refractivity contribution in [1.29, 1.82) is 5.26 Å². The summed E-state index contributed by atoms with van der Waals surface area (Å²) in [4.78, 5) is 6.88. The highest BCUT2D eigenvalue weighted by Crippen LogP contribution is 2.25. The van der Waals surface area contributed by atoms with Crippen molar-refractivity contribution in [3.05, 3.63) is 47.7 Å². The van der Waals surface area contributed by atoms with Crippen LogP contribution in [0.15, 0.2) is 36.5 Å². The normalized spacial score (nSPS) is 14.8. The largest absolute Gasteiger partial charge is 0.354 e. The van der Waals surface area contributed by atoms with Crippen molar-refractivity contribution in [2.24, 2.45) is 0 Å². The van der Waals surface area contributed by atoms with Gasteiger partial charge in [-0.3, -0.25) is 0 Å². The van der Waals surface area contributed by atoms with Gasteiger partial charge in [-0.05, 0) is 42.3 Å². The molecule has 0 bridgehead atoms. The van der Waals surface area contributed by atoms with Crippen molar-refractivity contribution >= 4 is 5.82 Å². The zero-order valence-corrected chi connectivity index (χ0v) is 12.1. The fraction of sp³-hybridized carbons (Fsp3) is 0.294. The van der Waals surface area contributed by atoms with Crippen LogP contribution in [0.2, 0.25) is 0 Å². The summed E-state index contributed by atoms with van der Waals surface area (Å²) in [5, 5.41) is 12.4. The first-order valence-corrected chi connectivity index (χ1v) is 7.21. The summed E-state index contributed by atoms with van der Waals surface area (Å²) in [5.41, 5.74) is 3.98. The number of anilines is 1. The molecule has 4 nitrogen and oxygen atoms in total. The maximum atomic E-state index is 9.04. The maximum Gasteiger partial charge on any atom is 0.128 e. The molecule has 21 heavy (non-hydrogen) atoms. The lowest BCUT2D eigenvalue weighted by molar-refractivity contribution is 0.585. The Kier molecular flexibility index (Phi) is 3.85. The highest BCUT2D eigenvalue weighted by molar-refractivity contribution is 5.69. The number of piperazine rings is 1. The van der Waals surface area contributed by atoms with E-state index in [4.69, 9.17) is 5.26 Å². The molecule has 0 saturated carbocycles. The molecule has 2 heterocycles. The van der Waals surface area contributed by atoms with E-state index >= 15 is 0 Å². The van der Waals surface area contributed by atoms with Crippen LogP contribution in [0, 0.1) is 18.3 Å². The van der Waals surface area contributed by atoms with Crippen molar-refractivity contribution in [1.82, 2.24) is 10.3 Å². The Morgan fingerprint density at radius 1 is 1.19 bits per heavy atom. The van der Waals surface area contributed by atoms with Gasteiger partial charge in [-0.2, -0.15) is 5.26 Å². The van der Waals surface area contributed by atoms with Crippen LogP contribution in [0.4, 0.5) is 5.82 Å². The zero-order valence-electron chi connectivity index (χ0n) is 12.1. The van der Waals surface area contributed by atoms with Crippen molar-refractivity contribution in [3.8, 4) is 17.2 Å². The van der Waals surface area contributed by atoms with Gasteiger partial charge in [0, 0.05) is 37.9 Å². The van der Waals surface area contributed by atoms with Gasteiger partial charge in [0.1, 0.15) is 5.82 Å². The number of nitriles is 1. The summed E-state index contributed by atoms with van der Waals surface area (Å²) in [7, 11) is 0. The molecule has 2 aromatic rings. The molecule has 0 amide bonds. The van der Waals surface area contributed by atoms with Crippen LogP contribution in [0.25, 0.3) is 11.1 Å². The average molecular weight is 278 g/mol. The number of nitrogens with zero attached hydrogens (tertiary/aromatic N) is 3. The van der Waals surface area contributed by atoms with Gasteiger partial charge in [0.05, 0.1) is 11.6 Å². The van der Waals surface area contributed by atoms with Crippen LogP contribution >= 0.6 is 0 Å². The first-order chi connectivity index (χ1) is 10.3. The second-order valence-electron chi connectivity index (χ2n) is 5.28. The number of pyridine rings is 1. The SMILES string of the molecule is Cc1ccc(C#N)cc1-c1ccc(N2CCNCC2)nc1. The Morgan fingerprint density at radius 3 is 2.67 bits per heavy atom. The molecule has 0 radical (unpaired) electrons. The summed E-state index contributed by atoms with van der Waals surface area (Å²) < 4.78 is 0. The van der Waals surface area contributed by atoms with Gasteiger partial charge in [-0.15, -0.1) is 0 Å². The van der Waals surface area contributed by atoms with Gasteiger partial charge in [-0.1, -0.05) is 6.07 Å². The van der Waals surface area contributed by atoms with Crippen molar-refractivity contribution < 1.29 is 0 Å². The van der Waals surface area contributed by atoms with E-state index < -0.39 is 0 Å². The van der Waals surface area contributed by atoms with E-state index in [2.05, 4.69) is 40.3 Å². The lowest BCUT2D eigenvalue weighted by atomic mass is 10.00. The highest BCUT2D eigenvalue weighted by atomic mass is 15.2. The predicted molar refractivity (Wildman–Crippen MR) is 84.2 cm³/mol. The third-order valence-corrected chi connectivity index (χ3v) is 3.87. The van der Waals surface area contributed by atoms with E-state index in [1.54, 1.807) is 0 Å². The molecule has 0 atom stereocenters. The monoisotopic (exact) mass is 278 g/mol. The number of aryl methyl sites for hydroxylation is 1. The minimum atomic E-state index is 0.682. The topological polar surface area (TPSA) is 52.0 Å². The molecular formula is C17H18N4. The second kappa shape index (κ2) is 5.94. The Balaban J connectivity index is 1.88. The van der Waals surface area contributed by atoms with Gasteiger partial charge in [0.15, 0.2) is 0 Å². The summed E-state index contributed by atoms with van der Waals surface area (Å²) in [5.74, 6) is 1.02. The van der Waals surface area contributed by atoms with E-state index in [0.717, 1.165) is 48.7 Å². The van der Waals surface area contributed by atoms with Gasteiger partial charge in [0.2, 0.25) is 0 Å². The molecule has 3 rings (SSSR count). The molecule has 1 aromatic carbocycles. The van der Waals surface area contributed by atoms with Crippen LogP contribution in [-0.2, 0) is 0 Å². The number of benzene rings is 1. The Bertz CT molecular complexity index is 664. The average Bonchev–Trinajstić information content (AvgIpc) is 2.56. The lowest BCUT2D eigenvalue weighted by Gasteiger charge is -2.28. The maximum absolute atomic E-state index is 9.04. The summed E-state index contributed by atoms with van der Waals surface area (Å²) in [6.45, 7) is 6.06. The van der Waals surface area contributed by atoms with Crippen LogP contribution in [0.1, 0.15) is 11.1 Å². The van der Waals surface area contributed by atoms with Gasteiger partial charge < -0.3 is 10.2 Å². The van der Waals surface area contributed by atoms with Gasteiger partial charge in [0.25, 0.3) is 0 Å². The van der Waals surface area contributed by atoms with E-state index in [1.807, 2.05) is 24.4 Å². The number of aromatic nitrogens is 1. The van der Waals surface area contributed by atoms with Crippen molar-refractivity contribution in [3.63, 3.8) is 0 Å². The predicted octanol–water partition coefficient (Wildman–Crippen LogP) is 2.34. The summed E-state index contributed by atoms with van der Waals surface area (Å²) in [6, 6.07) is 12.1. The smallest absolute Gasteiger partial charge is 0.128 e. The summed E-state index contributed by atoms with van der Waals surface area (Å²) >= 11 is 0. The molecule has 1 aliphatic rings. The number of hydrogen-bond acceptors (Lipinski definition) is 4. The Hall–Kier alpha value is -2.38. The minimum absolute atomic E-state index is 0.682. The van der Waals surface area contributed by atoms with Crippen LogP contribution in [0.5, 0.6) is 0 Å². The lowest BCUT2D eigenvalue weighted by Crippen LogP contribution is -2.43. The van der Waals surface area contributed by atoms with E-state index in [0.29, 0.717) is 5.56 Å². The van der Waals surface area contributed by atoms with Crippen LogP contribution in [0.3, 0.4) is 0 Å². The second-order valence-corrected chi connectivity index (χ2v) is 5.28. The molecule has 1 aliphatic heterocycles. The highest BCUT2D eigenvalue weighted by Gasteiger charge is 2.12. The van der Waals surface area contributed by atoms with Crippen molar-refractivity contribution in [2.45, 2.75) is 6.92 Å². The number of rotatable bonds is 2. The zero-order chi connectivity index (χ0) is 14.7. The third-order valence-electron chi connectivity index (χ3n) is 3.87. The molecular weight excluding hydrogens is 260 g/mol. The van der Waals surface area contributed by atoms with Crippen LogP contribution in [-0.4, -0.2) is 31.2 Å². The summed E-state index contributed by atoms with van der Waals surface area (Å²) in [6.07, 6.45) is 1.90. The molecule has 1 aromatic heterocycles. The molecule has 1 N–H and O–H groups in total. The first kappa shape index (κ1) is 13.6. The standard InChI is InChI=1S/C17H18N4/c1-13-2-3-14(11-18)10-16(13)15-4-5-17(20-12-15)21-8-6-19-7-9-21/h2-5,10,12,19H,6-9H2,1H3. The molecule has 4 heteroatoms. The van der Waals surface area contributed by atoms with Crippen molar-refractivity contribution in [2.75, 3.05) is 31.1 Å². The van der Waals surface area contributed by atoms with E-state index in [9.17, 15) is 0 Å². The number of nitrogens with one attached hydrogen (secondary N) is 1. The third kappa shape index (κ3) is 2.88. The first-order valence-electron chi connectivity index (χ1n) is 7.21. The minimum Gasteiger partial charge on any atom is -0.354 e. The fourth-order valence-corrected chi connectivity index (χ4v) is 2.63. The number of hydrogen-bond donors (Lipinski definition) is 1. The molecule has 1 saturated heterocycles. The molecule has 0 aliphatic carbocycles. The van der Waals surface area contributed by atoms with E-state index in [1.165, 1.54) is 0 Å². The molecule has 1 fully saturated rings. The molecule has 0 spiro atoms. The fourth-order valence-electron chi connectivity index (χ4n) is 2.63. The Labute approximate surface area is 125 Å². The van der Waals surface area contributed by atoms with Gasteiger partial charge >= 0.3 is 0 Å². The molecule has 0 unspecified atom stereocenters.